The zero-order valence-corrected chi connectivity index (χ0v) is 54.4. The van der Waals surface area contributed by atoms with Crippen molar-refractivity contribution in [1.82, 2.24) is 62.7 Å². The smallest absolute Gasteiger partial charge is 0.245 e. The number of carbonyl (C=O) groups excluding carboxylic acids is 11. The summed E-state index contributed by atoms with van der Waals surface area (Å²) in [5, 5.41) is 47.1. The predicted octanol–water partition coefficient (Wildman–Crippen LogP) is -0.365. The van der Waals surface area contributed by atoms with Crippen molar-refractivity contribution in [3.63, 3.8) is 0 Å². The second-order valence-corrected chi connectivity index (χ2v) is 25.0. The summed E-state index contributed by atoms with van der Waals surface area (Å²) in [4.78, 5) is 166. The molecule has 2 aliphatic rings. The van der Waals surface area contributed by atoms with Gasteiger partial charge in [0.25, 0.3) is 0 Å². The molecular weight excluding hydrogens is 1270 g/mol. The number of benzene rings is 4. The molecule has 516 valence electrons. The van der Waals surface area contributed by atoms with Crippen molar-refractivity contribution in [2.75, 3.05) is 26.2 Å². The van der Waals surface area contributed by atoms with E-state index in [9.17, 15) is 53.4 Å². The molecule has 30 heteroatoms. The number of hydrogen-bond donors (Lipinski definition) is 16. The Kier molecular flexibility index (Phi) is 25.5. The van der Waals surface area contributed by atoms with Crippen molar-refractivity contribution in [1.29, 1.82) is 0 Å². The first-order valence-electron chi connectivity index (χ1n) is 32.0. The number of nitrogens with two attached hydrogens (primary N) is 3. The molecule has 9 atom stereocenters. The lowest BCUT2D eigenvalue weighted by atomic mass is 9.99. The van der Waals surface area contributed by atoms with Crippen LogP contribution in [0, 0.1) is 5.92 Å². The molecule has 2 saturated heterocycles. The van der Waals surface area contributed by atoms with Crippen LogP contribution in [0.25, 0.3) is 21.8 Å². The molecule has 0 bridgehead atoms. The van der Waals surface area contributed by atoms with Gasteiger partial charge in [-0.25, -0.2) is 0 Å². The van der Waals surface area contributed by atoms with Gasteiger partial charge in [-0.15, -0.1) is 0 Å². The van der Waals surface area contributed by atoms with E-state index in [2.05, 4.69) is 62.8 Å². The predicted molar refractivity (Wildman–Crippen MR) is 359 cm³/mol. The van der Waals surface area contributed by atoms with Crippen molar-refractivity contribution >= 4 is 104 Å². The number of aromatic hydroxyl groups is 1. The van der Waals surface area contributed by atoms with E-state index >= 15 is 9.59 Å². The summed E-state index contributed by atoms with van der Waals surface area (Å²) >= 11 is 6.18. The number of aliphatic hydroxyl groups is 1. The molecule has 11 amide bonds. The molecule has 4 aromatic carbocycles. The number of primary amides is 1. The van der Waals surface area contributed by atoms with E-state index in [0.717, 1.165) is 0 Å². The normalized spacial score (nSPS) is 16.5. The zero-order valence-electron chi connectivity index (χ0n) is 53.7. The Morgan fingerprint density at radius 3 is 1.61 bits per heavy atom. The number of aromatic amines is 2. The van der Waals surface area contributed by atoms with Crippen molar-refractivity contribution in [2.45, 2.75) is 139 Å². The molecule has 0 saturated carbocycles. The van der Waals surface area contributed by atoms with Gasteiger partial charge >= 0.3 is 0 Å². The standard InChI is InChI=1S/C67H83ClN16O13/c1-36(2)27-49(59(90)77-48(13-7-25-72-67(70)71)66(97)84-26-8-14-55(84)65(96)75-34-56(69)87)78-62(93)52(30-39-32-73-45-11-5-3-9-43(39)45)81-61(92)51(29-38-17-21-42(86)22-18-38)80-64(95)54(35-85)83-63(94)53(31-40-33-74-46-12-6-4-10-44(40)46)82-60(91)50(28-37-15-19-41(68)20-16-37)79-58(89)47-23-24-57(88)76-47/h3-6,9-12,15-22,32-33,36,47-55,73-74,85-86H,7-8,13-14,23-31,34-35H2,1-2H3,(H2,69,87)(H,75,96)(H,76,88)(H,77,90)(H,78,93)(H,79,89)(H,80,95)(H,81,92)(H,82,91)(H,83,94)(H4,70,71,72)/t47-,48+,49+,50+,51+,52-,53-,54+,55+/m1/s1. The minimum atomic E-state index is -1.81. The van der Waals surface area contributed by atoms with E-state index in [1.165, 1.54) is 29.2 Å². The minimum Gasteiger partial charge on any atom is -0.508 e. The van der Waals surface area contributed by atoms with Crippen LogP contribution in [0.4, 0.5) is 0 Å². The number of nitrogens with zero attached hydrogens (tertiary/aromatic N) is 2. The summed E-state index contributed by atoms with van der Waals surface area (Å²) in [6.45, 7) is 2.32. The van der Waals surface area contributed by atoms with Crippen LogP contribution in [-0.4, -0.2) is 177 Å². The number of H-pyrrole nitrogens is 2. The zero-order chi connectivity index (χ0) is 69.9. The van der Waals surface area contributed by atoms with Crippen molar-refractivity contribution in [2.24, 2.45) is 28.1 Å². The van der Waals surface area contributed by atoms with E-state index in [1.807, 2.05) is 0 Å². The third kappa shape index (κ3) is 20.5. The van der Waals surface area contributed by atoms with E-state index < -0.39 is 127 Å². The largest absolute Gasteiger partial charge is 0.508 e. The van der Waals surface area contributed by atoms with Crippen LogP contribution < -0.4 is 65.1 Å². The second-order valence-electron chi connectivity index (χ2n) is 24.6. The van der Waals surface area contributed by atoms with Gasteiger partial charge in [-0.2, -0.15) is 0 Å². The van der Waals surface area contributed by atoms with Crippen LogP contribution >= 0.6 is 11.6 Å². The van der Waals surface area contributed by atoms with Crippen LogP contribution in [0.15, 0.2) is 114 Å². The number of aliphatic hydroxyl groups excluding tert-OH is 1. The molecule has 8 rings (SSSR count). The minimum absolute atomic E-state index is 0.0105. The van der Waals surface area contributed by atoms with Crippen LogP contribution in [0.5, 0.6) is 5.75 Å². The number of likely N-dealkylation sites (tertiary alicyclic amines) is 1. The Morgan fingerprint density at radius 1 is 0.608 bits per heavy atom. The topological polar surface area (TPSA) is 462 Å². The van der Waals surface area contributed by atoms with Crippen molar-refractivity contribution in [3.05, 3.63) is 137 Å². The number of phenols is 1. The number of guanidine groups is 1. The van der Waals surface area contributed by atoms with E-state index in [-0.39, 0.29) is 101 Å². The summed E-state index contributed by atoms with van der Waals surface area (Å²) in [5.41, 5.74) is 19.9. The van der Waals surface area contributed by atoms with Gasteiger partial charge in [0.2, 0.25) is 65.0 Å². The number of para-hydroxylation sites is 2. The van der Waals surface area contributed by atoms with Crippen LogP contribution in [-0.2, 0) is 78.4 Å². The first-order chi connectivity index (χ1) is 46.4. The molecule has 4 heterocycles. The average molecular weight is 1360 g/mol. The van der Waals surface area contributed by atoms with Gasteiger partial charge in [-0.05, 0) is 103 Å². The first kappa shape index (κ1) is 72.3. The summed E-state index contributed by atoms with van der Waals surface area (Å²) in [6.07, 6.45) is 3.71. The van der Waals surface area contributed by atoms with E-state index in [0.29, 0.717) is 55.5 Å². The molecule has 2 aromatic heterocycles. The van der Waals surface area contributed by atoms with Gasteiger partial charge in [0.1, 0.15) is 60.1 Å². The Labute approximate surface area is 563 Å². The lowest BCUT2D eigenvalue weighted by Crippen LogP contribution is -2.61. The quantitative estimate of drug-likeness (QED) is 0.0142. The molecule has 2 aliphatic heterocycles. The highest BCUT2D eigenvalue weighted by molar-refractivity contribution is 6.30. The monoisotopic (exact) mass is 1350 g/mol. The summed E-state index contributed by atoms with van der Waals surface area (Å²) in [5.74, 6) is -9.04. The third-order valence-corrected chi connectivity index (χ3v) is 17.0. The molecule has 0 spiro atoms. The number of aromatic nitrogens is 2. The van der Waals surface area contributed by atoms with Gasteiger partial charge in [0, 0.05) is 84.4 Å². The number of amides is 11. The Hall–Kier alpha value is -10.5. The van der Waals surface area contributed by atoms with Crippen LogP contribution in [0.2, 0.25) is 5.02 Å². The molecule has 0 radical (unpaired) electrons. The fourth-order valence-corrected chi connectivity index (χ4v) is 11.9. The molecule has 29 nitrogen and oxygen atoms in total. The molecule has 19 N–H and O–H groups in total. The highest BCUT2D eigenvalue weighted by Crippen LogP contribution is 2.24. The van der Waals surface area contributed by atoms with Gasteiger partial charge in [-0.1, -0.05) is 86.1 Å². The van der Waals surface area contributed by atoms with Crippen LogP contribution in [0.1, 0.15) is 81.0 Å². The molecular formula is C67H83ClN16O13. The summed E-state index contributed by atoms with van der Waals surface area (Å²) < 4.78 is 0. The molecule has 97 heavy (non-hydrogen) atoms. The maximum atomic E-state index is 15.1. The molecule has 6 aromatic rings. The third-order valence-electron chi connectivity index (χ3n) is 16.8. The second kappa shape index (κ2) is 34.2. The molecule has 0 unspecified atom stereocenters. The number of halogens is 1. The van der Waals surface area contributed by atoms with Crippen molar-refractivity contribution in [3.8, 4) is 5.75 Å². The highest BCUT2D eigenvalue weighted by Gasteiger charge is 2.40. The lowest BCUT2D eigenvalue weighted by molar-refractivity contribution is -0.142. The average Bonchev–Trinajstić information content (AvgIpc) is 1.81. The van der Waals surface area contributed by atoms with Crippen molar-refractivity contribution < 1.29 is 63.0 Å². The van der Waals surface area contributed by atoms with Gasteiger partial charge in [0.15, 0.2) is 5.96 Å². The maximum Gasteiger partial charge on any atom is 0.245 e. The lowest BCUT2D eigenvalue weighted by Gasteiger charge is -2.30. The Bertz CT molecular complexity index is 3850. The number of fused-ring (bicyclic) bond motifs is 2. The number of rotatable bonds is 33. The summed E-state index contributed by atoms with van der Waals surface area (Å²) in [7, 11) is 0. The Morgan fingerprint density at radius 2 is 1.09 bits per heavy atom. The number of carbonyl (C=O) groups is 11. The number of hydrogen-bond acceptors (Lipinski definition) is 14. The Balaban J connectivity index is 1.06. The van der Waals surface area contributed by atoms with Crippen LogP contribution in [0.3, 0.4) is 0 Å². The van der Waals surface area contributed by atoms with Gasteiger partial charge in [0.05, 0.1) is 13.2 Å². The first-order valence-corrected chi connectivity index (χ1v) is 32.4. The van der Waals surface area contributed by atoms with Gasteiger partial charge < -0.3 is 90.1 Å². The highest BCUT2D eigenvalue weighted by atomic mass is 35.5. The SMILES string of the molecule is CC(C)C[C@H](NC(=O)[C@@H](Cc1c[nH]c2ccccc12)NC(=O)[C@H](Cc1ccc(O)cc1)NC(=O)[C@H](CO)NC(=O)[C@@H](Cc1c[nH]c2ccccc12)NC(=O)[C@H](Cc1ccc(Cl)cc1)NC(=O)[C@H]1CCC(=O)N1)C(=O)N[C@@H](CCCN=C(N)N)C(=O)N1CCC[C@H]1C(=O)NCC(N)=O. The number of phenolic OH excluding ortho intramolecular Hbond substituents is 1. The fraction of sp³-hybridized carbons (Fsp3) is 0.403. The van der Waals surface area contributed by atoms with E-state index in [1.54, 1.807) is 99.0 Å². The maximum absolute atomic E-state index is 15.1. The molecule has 2 fully saturated rings. The molecule has 0 aliphatic carbocycles. The summed E-state index contributed by atoms with van der Waals surface area (Å²) in [6, 6.07) is 14.3. The number of nitrogens with one attached hydrogen (secondary N) is 11. The van der Waals surface area contributed by atoms with E-state index in [4.69, 9.17) is 28.8 Å². The fourth-order valence-electron chi connectivity index (χ4n) is 11.8. The van der Waals surface area contributed by atoms with Gasteiger partial charge in [-0.3, -0.25) is 57.7 Å². The number of aliphatic imine (C=N–C) groups is 1.